The van der Waals surface area contributed by atoms with Gasteiger partial charge >= 0.3 is 0 Å². The van der Waals surface area contributed by atoms with Gasteiger partial charge in [-0.3, -0.25) is 0 Å². The first kappa shape index (κ1) is 13.5. The van der Waals surface area contributed by atoms with Crippen LogP contribution < -0.4 is 0 Å². The molecule has 1 aromatic rings. The number of halogens is 1. The Kier molecular flexibility index (Phi) is 3.76. The molecule has 0 radical (unpaired) electrons. The summed E-state index contributed by atoms with van der Waals surface area (Å²) in [7, 11) is 0. The van der Waals surface area contributed by atoms with Crippen molar-refractivity contribution in [3.63, 3.8) is 0 Å². The molecule has 1 aromatic carbocycles. The zero-order valence-corrected chi connectivity index (χ0v) is 11.5. The van der Waals surface area contributed by atoms with Gasteiger partial charge in [-0.1, -0.05) is 31.5 Å². The molecule has 0 bridgehead atoms. The van der Waals surface area contributed by atoms with Crippen LogP contribution in [0.4, 0.5) is 4.39 Å². The van der Waals surface area contributed by atoms with Crippen molar-refractivity contribution in [1.29, 1.82) is 0 Å². The van der Waals surface area contributed by atoms with Crippen molar-refractivity contribution in [2.24, 2.45) is 11.8 Å². The Morgan fingerprint density at radius 2 is 1.89 bits per heavy atom. The summed E-state index contributed by atoms with van der Waals surface area (Å²) in [4.78, 5) is 0. The van der Waals surface area contributed by atoms with Crippen LogP contribution in [0.2, 0.25) is 0 Å². The molecule has 1 fully saturated rings. The van der Waals surface area contributed by atoms with E-state index in [0.717, 1.165) is 18.4 Å². The van der Waals surface area contributed by atoms with Gasteiger partial charge in [0.15, 0.2) is 0 Å². The maximum Gasteiger partial charge on any atom is 0.129 e. The second kappa shape index (κ2) is 5.00. The molecule has 1 N–H and O–H groups in total. The van der Waals surface area contributed by atoms with Crippen LogP contribution in [0.3, 0.4) is 0 Å². The molecule has 0 heterocycles. The molecule has 0 aliphatic heterocycles. The Hall–Kier alpha value is -0.890. The van der Waals surface area contributed by atoms with E-state index in [2.05, 4.69) is 13.8 Å². The summed E-state index contributed by atoms with van der Waals surface area (Å²) < 4.78 is 13.9. The minimum absolute atomic E-state index is 0.272. The zero-order chi connectivity index (χ0) is 13.3. The van der Waals surface area contributed by atoms with Crippen LogP contribution in [0.25, 0.3) is 0 Å². The van der Waals surface area contributed by atoms with Crippen molar-refractivity contribution in [2.45, 2.75) is 52.1 Å². The molecule has 1 saturated carbocycles. The molecule has 0 aromatic heterocycles. The molecule has 1 aliphatic carbocycles. The van der Waals surface area contributed by atoms with Gasteiger partial charge in [0.1, 0.15) is 5.82 Å². The average Bonchev–Trinajstić information content (AvgIpc) is 2.32. The minimum atomic E-state index is -0.957. The second-order valence-corrected chi connectivity index (χ2v) is 6.10. The van der Waals surface area contributed by atoms with E-state index >= 15 is 0 Å². The van der Waals surface area contributed by atoms with Gasteiger partial charge in [-0.05, 0) is 50.5 Å². The molecule has 0 saturated heterocycles. The summed E-state index contributed by atoms with van der Waals surface area (Å²) in [5.74, 6) is 1.04. The quantitative estimate of drug-likeness (QED) is 0.835. The fourth-order valence-corrected chi connectivity index (χ4v) is 3.05. The van der Waals surface area contributed by atoms with Gasteiger partial charge in [-0.15, -0.1) is 0 Å². The van der Waals surface area contributed by atoms with Crippen molar-refractivity contribution in [1.82, 2.24) is 0 Å². The van der Waals surface area contributed by atoms with Crippen molar-refractivity contribution in [3.05, 3.63) is 35.1 Å². The highest BCUT2D eigenvalue weighted by Gasteiger charge is 2.37. The summed E-state index contributed by atoms with van der Waals surface area (Å²) >= 11 is 0. The first-order chi connectivity index (χ1) is 8.42. The summed E-state index contributed by atoms with van der Waals surface area (Å²) in [5.41, 5.74) is 0.539. The molecular formula is C16H23FO. The van der Waals surface area contributed by atoms with Gasteiger partial charge in [-0.25, -0.2) is 4.39 Å². The highest BCUT2D eigenvalue weighted by Crippen LogP contribution is 2.42. The van der Waals surface area contributed by atoms with E-state index in [1.54, 1.807) is 12.1 Å². The monoisotopic (exact) mass is 250 g/mol. The van der Waals surface area contributed by atoms with E-state index in [4.69, 9.17) is 0 Å². The third-order valence-corrected chi connectivity index (χ3v) is 4.42. The lowest BCUT2D eigenvalue weighted by Crippen LogP contribution is -2.33. The Labute approximate surface area is 109 Å². The number of aryl methyl sites for hydroxylation is 1. The van der Waals surface area contributed by atoms with E-state index < -0.39 is 5.60 Å². The third kappa shape index (κ3) is 2.59. The van der Waals surface area contributed by atoms with Crippen molar-refractivity contribution in [3.8, 4) is 0 Å². The smallest absolute Gasteiger partial charge is 0.129 e. The van der Waals surface area contributed by atoms with Crippen LogP contribution in [0.5, 0.6) is 0 Å². The average molecular weight is 250 g/mol. The predicted molar refractivity (Wildman–Crippen MR) is 71.8 cm³/mol. The molecule has 0 atom stereocenters. The minimum Gasteiger partial charge on any atom is -0.385 e. The highest BCUT2D eigenvalue weighted by atomic mass is 19.1. The SMILES string of the molecule is Cc1ccc(F)c(C2(O)CCC(C(C)C)CC2)c1. The van der Waals surface area contributed by atoms with Crippen molar-refractivity contribution < 1.29 is 9.50 Å². The summed E-state index contributed by atoms with van der Waals surface area (Å²) in [6.07, 6.45) is 3.33. The number of aliphatic hydroxyl groups is 1. The van der Waals surface area contributed by atoms with E-state index in [1.807, 2.05) is 6.92 Å². The van der Waals surface area contributed by atoms with Crippen LogP contribution in [0.1, 0.15) is 50.7 Å². The Morgan fingerprint density at radius 1 is 1.28 bits per heavy atom. The second-order valence-electron chi connectivity index (χ2n) is 6.10. The standard InChI is InChI=1S/C16H23FO/c1-11(2)13-6-8-16(18,9-7-13)14-10-12(3)4-5-15(14)17/h4-5,10-11,13,18H,6-9H2,1-3H3. The van der Waals surface area contributed by atoms with Crippen LogP contribution in [-0.4, -0.2) is 5.11 Å². The third-order valence-electron chi connectivity index (χ3n) is 4.42. The molecule has 0 unspecified atom stereocenters. The first-order valence-electron chi connectivity index (χ1n) is 6.91. The van der Waals surface area contributed by atoms with Crippen molar-refractivity contribution in [2.75, 3.05) is 0 Å². The van der Waals surface area contributed by atoms with E-state index in [-0.39, 0.29) is 5.82 Å². The maximum absolute atomic E-state index is 13.9. The first-order valence-corrected chi connectivity index (χ1v) is 6.91. The van der Waals surface area contributed by atoms with Gasteiger partial charge in [0.25, 0.3) is 0 Å². The predicted octanol–water partition coefficient (Wildman–Crippen LogP) is 4.17. The van der Waals surface area contributed by atoms with Gasteiger partial charge < -0.3 is 5.11 Å². The number of benzene rings is 1. The zero-order valence-electron chi connectivity index (χ0n) is 11.5. The lowest BCUT2D eigenvalue weighted by Gasteiger charge is -2.38. The molecular weight excluding hydrogens is 227 g/mol. The molecule has 0 spiro atoms. The Morgan fingerprint density at radius 3 is 2.44 bits per heavy atom. The highest BCUT2D eigenvalue weighted by molar-refractivity contribution is 5.29. The number of hydrogen-bond donors (Lipinski definition) is 1. The molecule has 1 nitrogen and oxygen atoms in total. The lowest BCUT2D eigenvalue weighted by molar-refractivity contribution is -0.0227. The molecule has 100 valence electrons. The molecule has 2 heteroatoms. The van der Waals surface area contributed by atoms with E-state index in [9.17, 15) is 9.50 Å². The molecule has 2 rings (SSSR count). The Bertz CT molecular complexity index is 417. The molecule has 1 aliphatic rings. The summed E-state index contributed by atoms with van der Waals surface area (Å²) in [6.45, 7) is 6.39. The maximum atomic E-state index is 13.9. The van der Waals surface area contributed by atoms with Crippen LogP contribution in [0.15, 0.2) is 18.2 Å². The van der Waals surface area contributed by atoms with E-state index in [0.29, 0.717) is 30.2 Å². The largest absolute Gasteiger partial charge is 0.385 e. The fraction of sp³-hybridized carbons (Fsp3) is 0.625. The van der Waals surface area contributed by atoms with Gasteiger partial charge in [0.05, 0.1) is 5.60 Å². The van der Waals surface area contributed by atoms with Crippen LogP contribution >= 0.6 is 0 Å². The summed E-state index contributed by atoms with van der Waals surface area (Å²) in [6, 6.07) is 5.02. The normalized spacial score (nSPS) is 28.7. The lowest BCUT2D eigenvalue weighted by atomic mass is 9.72. The number of rotatable bonds is 2. The van der Waals surface area contributed by atoms with Crippen LogP contribution in [-0.2, 0) is 5.60 Å². The van der Waals surface area contributed by atoms with Crippen LogP contribution in [0, 0.1) is 24.6 Å². The topological polar surface area (TPSA) is 20.2 Å². The van der Waals surface area contributed by atoms with Crippen molar-refractivity contribution >= 4 is 0 Å². The van der Waals surface area contributed by atoms with Gasteiger partial charge in [0.2, 0.25) is 0 Å². The summed E-state index contributed by atoms with van der Waals surface area (Å²) in [5, 5.41) is 10.7. The Balaban J connectivity index is 2.20. The molecule has 18 heavy (non-hydrogen) atoms. The van der Waals surface area contributed by atoms with Gasteiger partial charge in [-0.2, -0.15) is 0 Å². The fourth-order valence-electron chi connectivity index (χ4n) is 3.05. The number of hydrogen-bond acceptors (Lipinski definition) is 1. The van der Waals surface area contributed by atoms with Gasteiger partial charge in [0, 0.05) is 5.56 Å². The van der Waals surface area contributed by atoms with E-state index in [1.165, 1.54) is 6.07 Å². The molecule has 0 amide bonds.